The highest BCUT2D eigenvalue weighted by molar-refractivity contribution is 5.76. The molecule has 9 nitrogen and oxygen atoms in total. The van der Waals surface area contributed by atoms with Gasteiger partial charge in [0.15, 0.2) is 5.82 Å². The molecule has 1 aliphatic rings. The molecule has 3 heterocycles. The van der Waals surface area contributed by atoms with E-state index in [9.17, 15) is 4.79 Å². The predicted octanol–water partition coefficient (Wildman–Crippen LogP) is 0.731. The Kier molecular flexibility index (Phi) is 4.57. The number of carbonyl (C=O) groups excluding carboxylic acids is 1. The van der Waals surface area contributed by atoms with Crippen LogP contribution in [0.4, 0.5) is 5.95 Å². The van der Waals surface area contributed by atoms with Gasteiger partial charge in [0, 0.05) is 38.8 Å². The number of hydrogen-bond donors (Lipinski definition) is 0. The topological polar surface area (TPSA) is 85.0 Å². The SMILES string of the molecule is Cc1nnc(N2CCN(C(=O)Cn3cnc(-c4ccccc4)n3)CC2)n1C. The van der Waals surface area contributed by atoms with Gasteiger partial charge >= 0.3 is 0 Å². The molecule has 3 aromatic rings. The van der Waals surface area contributed by atoms with Gasteiger partial charge in [-0.15, -0.1) is 10.2 Å². The molecule has 9 heteroatoms. The standard InChI is InChI=1S/C18H22N8O/c1-14-20-21-18(23(14)2)25-10-8-24(9-11-25)16(27)12-26-13-19-17(22-26)15-6-4-3-5-7-15/h3-7,13H,8-12H2,1-2H3. The van der Waals surface area contributed by atoms with E-state index >= 15 is 0 Å². The van der Waals surface area contributed by atoms with Gasteiger partial charge in [-0.05, 0) is 6.92 Å². The number of aryl methyl sites for hydroxylation is 1. The zero-order valence-electron chi connectivity index (χ0n) is 15.5. The molecule has 0 unspecified atom stereocenters. The number of amides is 1. The minimum absolute atomic E-state index is 0.0494. The van der Waals surface area contributed by atoms with Crippen molar-refractivity contribution in [3.05, 3.63) is 42.5 Å². The summed E-state index contributed by atoms with van der Waals surface area (Å²) in [5.41, 5.74) is 0.941. The molecule has 1 amide bonds. The molecule has 0 radical (unpaired) electrons. The number of benzene rings is 1. The average molecular weight is 366 g/mol. The molecule has 27 heavy (non-hydrogen) atoms. The lowest BCUT2D eigenvalue weighted by molar-refractivity contribution is -0.132. The monoisotopic (exact) mass is 366 g/mol. The molecule has 0 aliphatic carbocycles. The minimum atomic E-state index is 0.0494. The van der Waals surface area contributed by atoms with Crippen LogP contribution in [0.2, 0.25) is 0 Å². The highest BCUT2D eigenvalue weighted by atomic mass is 16.2. The lowest BCUT2D eigenvalue weighted by Gasteiger charge is -2.35. The average Bonchev–Trinajstić information content (AvgIpc) is 3.30. The van der Waals surface area contributed by atoms with Gasteiger partial charge in [0.25, 0.3) is 0 Å². The van der Waals surface area contributed by atoms with Crippen LogP contribution in [0.15, 0.2) is 36.7 Å². The number of rotatable bonds is 4. The van der Waals surface area contributed by atoms with Gasteiger partial charge in [-0.3, -0.25) is 4.79 Å². The third-order valence-electron chi connectivity index (χ3n) is 4.85. The van der Waals surface area contributed by atoms with E-state index in [2.05, 4.69) is 25.2 Å². The Morgan fingerprint density at radius 1 is 1.07 bits per heavy atom. The van der Waals surface area contributed by atoms with Gasteiger partial charge in [0.2, 0.25) is 11.9 Å². The Bertz CT molecular complexity index is 924. The van der Waals surface area contributed by atoms with Gasteiger partial charge in [0.1, 0.15) is 18.7 Å². The molecule has 1 aromatic carbocycles. The summed E-state index contributed by atoms with van der Waals surface area (Å²) < 4.78 is 3.57. The molecular formula is C18H22N8O. The van der Waals surface area contributed by atoms with Gasteiger partial charge in [-0.25, -0.2) is 9.67 Å². The summed E-state index contributed by atoms with van der Waals surface area (Å²) in [5, 5.41) is 12.7. The van der Waals surface area contributed by atoms with Gasteiger partial charge in [0.05, 0.1) is 0 Å². The first-order valence-corrected chi connectivity index (χ1v) is 8.95. The number of aromatic nitrogens is 6. The van der Waals surface area contributed by atoms with Gasteiger partial charge < -0.3 is 14.4 Å². The number of nitrogens with zero attached hydrogens (tertiary/aromatic N) is 8. The lowest BCUT2D eigenvalue weighted by Crippen LogP contribution is -2.50. The van der Waals surface area contributed by atoms with Crippen molar-refractivity contribution in [2.45, 2.75) is 13.5 Å². The second-order valence-electron chi connectivity index (χ2n) is 6.61. The number of carbonyl (C=O) groups is 1. The van der Waals surface area contributed by atoms with Crippen molar-refractivity contribution in [1.29, 1.82) is 0 Å². The molecule has 1 saturated heterocycles. The number of piperazine rings is 1. The Hall–Kier alpha value is -3.23. The molecule has 0 bridgehead atoms. The highest BCUT2D eigenvalue weighted by Crippen LogP contribution is 2.15. The summed E-state index contributed by atoms with van der Waals surface area (Å²) in [4.78, 5) is 20.9. The van der Waals surface area contributed by atoms with Crippen molar-refractivity contribution in [3.8, 4) is 11.4 Å². The minimum Gasteiger partial charge on any atom is -0.338 e. The summed E-state index contributed by atoms with van der Waals surface area (Å²) in [6.07, 6.45) is 1.61. The molecule has 1 fully saturated rings. The second-order valence-corrected chi connectivity index (χ2v) is 6.61. The highest BCUT2D eigenvalue weighted by Gasteiger charge is 2.24. The van der Waals surface area contributed by atoms with Crippen LogP contribution < -0.4 is 4.90 Å². The van der Waals surface area contributed by atoms with E-state index in [0.717, 1.165) is 30.4 Å². The van der Waals surface area contributed by atoms with Gasteiger partial charge in [-0.1, -0.05) is 30.3 Å². The predicted molar refractivity (Wildman–Crippen MR) is 100.0 cm³/mol. The third-order valence-corrected chi connectivity index (χ3v) is 4.85. The van der Waals surface area contributed by atoms with Crippen LogP contribution in [0.1, 0.15) is 5.82 Å². The molecule has 0 atom stereocenters. The first kappa shape index (κ1) is 17.2. The van der Waals surface area contributed by atoms with E-state index in [4.69, 9.17) is 0 Å². The molecule has 140 valence electrons. The zero-order chi connectivity index (χ0) is 18.8. The van der Waals surface area contributed by atoms with Crippen LogP contribution in [0.3, 0.4) is 0 Å². The Balaban J connectivity index is 1.35. The first-order chi connectivity index (χ1) is 13.1. The van der Waals surface area contributed by atoms with Crippen molar-refractivity contribution in [2.75, 3.05) is 31.1 Å². The largest absolute Gasteiger partial charge is 0.338 e. The fourth-order valence-electron chi connectivity index (χ4n) is 3.16. The Morgan fingerprint density at radius 2 is 1.81 bits per heavy atom. The van der Waals surface area contributed by atoms with Gasteiger partial charge in [-0.2, -0.15) is 5.10 Å². The van der Waals surface area contributed by atoms with E-state index in [1.807, 2.05) is 53.8 Å². The summed E-state index contributed by atoms with van der Waals surface area (Å²) >= 11 is 0. The molecule has 1 aliphatic heterocycles. The van der Waals surface area contributed by atoms with E-state index in [-0.39, 0.29) is 12.5 Å². The first-order valence-electron chi connectivity index (χ1n) is 8.95. The normalized spacial score (nSPS) is 14.6. The summed E-state index contributed by atoms with van der Waals surface area (Å²) in [5.74, 6) is 2.41. The smallest absolute Gasteiger partial charge is 0.244 e. The third kappa shape index (κ3) is 3.53. The fourth-order valence-corrected chi connectivity index (χ4v) is 3.16. The van der Waals surface area contributed by atoms with Crippen molar-refractivity contribution < 1.29 is 4.79 Å². The molecular weight excluding hydrogens is 344 g/mol. The van der Waals surface area contributed by atoms with Crippen LogP contribution >= 0.6 is 0 Å². The summed E-state index contributed by atoms with van der Waals surface area (Å²) in [6.45, 7) is 4.92. The van der Waals surface area contributed by atoms with Crippen molar-refractivity contribution in [1.82, 2.24) is 34.4 Å². The maximum absolute atomic E-state index is 12.6. The quantitative estimate of drug-likeness (QED) is 0.677. The van der Waals surface area contributed by atoms with E-state index in [0.29, 0.717) is 18.9 Å². The number of hydrogen-bond acceptors (Lipinski definition) is 6. The molecule has 4 rings (SSSR count). The van der Waals surface area contributed by atoms with E-state index in [1.54, 1.807) is 11.0 Å². The van der Waals surface area contributed by atoms with Crippen LogP contribution in [0.5, 0.6) is 0 Å². The molecule has 0 spiro atoms. The maximum atomic E-state index is 12.6. The zero-order valence-corrected chi connectivity index (χ0v) is 15.5. The van der Waals surface area contributed by atoms with E-state index in [1.165, 1.54) is 0 Å². The van der Waals surface area contributed by atoms with Crippen LogP contribution in [0, 0.1) is 6.92 Å². The second kappa shape index (κ2) is 7.18. The van der Waals surface area contributed by atoms with Crippen molar-refractivity contribution >= 4 is 11.9 Å². The van der Waals surface area contributed by atoms with Crippen LogP contribution in [-0.4, -0.2) is 66.5 Å². The Labute approximate surface area is 157 Å². The Morgan fingerprint density at radius 3 is 2.48 bits per heavy atom. The van der Waals surface area contributed by atoms with Crippen LogP contribution in [-0.2, 0) is 18.4 Å². The fraction of sp³-hybridized carbons (Fsp3) is 0.389. The lowest BCUT2D eigenvalue weighted by atomic mass is 10.2. The molecule has 0 N–H and O–H groups in total. The van der Waals surface area contributed by atoms with Crippen molar-refractivity contribution in [2.24, 2.45) is 7.05 Å². The molecule has 2 aromatic heterocycles. The summed E-state index contributed by atoms with van der Waals surface area (Å²) in [6, 6.07) is 9.74. The molecule has 0 saturated carbocycles. The van der Waals surface area contributed by atoms with E-state index < -0.39 is 0 Å². The summed E-state index contributed by atoms with van der Waals surface area (Å²) in [7, 11) is 1.96. The van der Waals surface area contributed by atoms with Crippen LogP contribution in [0.25, 0.3) is 11.4 Å². The maximum Gasteiger partial charge on any atom is 0.244 e. The van der Waals surface area contributed by atoms with Crippen molar-refractivity contribution in [3.63, 3.8) is 0 Å². The number of anilines is 1.